The summed E-state index contributed by atoms with van der Waals surface area (Å²) in [6, 6.07) is 70.5. The second-order valence-corrected chi connectivity index (χ2v) is 23.7. The van der Waals surface area contributed by atoms with Gasteiger partial charge in [-0.3, -0.25) is 0 Å². The Hall–Kier alpha value is -6.78. The Labute approximate surface area is 422 Å². The first-order valence-electron chi connectivity index (χ1n) is 26.7. The van der Waals surface area contributed by atoms with Gasteiger partial charge in [0.2, 0.25) is 0 Å². The van der Waals surface area contributed by atoms with Gasteiger partial charge in [0.05, 0.1) is 11.1 Å². The third-order valence-electron chi connectivity index (χ3n) is 19.2. The van der Waals surface area contributed by atoms with Gasteiger partial charge >= 0.3 is 0 Å². The first kappa shape index (κ1) is 43.0. The van der Waals surface area contributed by atoms with Crippen LogP contribution in [0.1, 0.15) is 115 Å². The van der Waals surface area contributed by atoms with E-state index in [9.17, 15) is 0 Å². The number of benzene rings is 8. The van der Waals surface area contributed by atoms with E-state index >= 15 is 0 Å². The van der Waals surface area contributed by atoms with E-state index in [2.05, 4.69) is 238 Å². The van der Waals surface area contributed by atoms with Crippen molar-refractivity contribution in [3.63, 3.8) is 0 Å². The van der Waals surface area contributed by atoms with Gasteiger partial charge in [-0.15, -0.1) is 0 Å². The lowest BCUT2D eigenvalue weighted by Crippen LogP contribution is -2.64. The maximum absolute atomic E-state index is 2.94. The smallest absolute Gasteiger partial charge is 0.252 e. The van der Waals surface area contributed by atoms with Crippen molar-refractivity contribution in [1.29, 1.82) is 0 Å². The summed E-state index contributed by atoms with van der Waals surface area (Å²) >= 11 is 0. The van der Waals surface area contributed by atoms with Crippen LogP contribution in [0, 0.1) is 0 Å². The summed E-state index contributed by atoms with van der Waals surface area (Å²) in [5.41, 5.74) is 23.9. The normalized spacial score (nSPS) is 24.4. The summed E-state index contributed by atoms with van der Waals surface area (Å²) in [6.07, 6.45) is 9.52. The Balaban J connectivity index is 1.12. The third kappa shape index (κ3) is 5.74. The van der Waals surface area contributed by atoms with Crippen molar-refractivity contribution in [3.8, 4) is 22.3 Å². The van der Waals surface area contributed by atoms with E-state index in [0.717, 1.165) is 19.3 Å². The van der Waals surface area contributed by atoms with Crippen LogP contribution in [0.15, 0.2) is 182 Å². The number of nitrogens with zero attached hydrogens (tertiary/aromatic N) is 3. The van der Waals surface area contributed by atoms with Gasteiger partial charge in [-0.05, 0) is 142 Å². The van der Waals surface area contributed by atoms with Gasteiger partial charge in [0.1, 0.15) is 0 Å². The van der Waals surface area contributed by atoms with Crippen LogP contribution in [0.3, 0.4) is 0 Å². The van der Waals surface area contributed by atoms with Crippen molar-refractivity contribution in [3.05, 3.63) is 204 Å². The Morgan fingerprint density at radius 2 is 1.06 bits per heavy atom. The number of rotatable bonds is 5. The van der Waals surface area contributed by atoms with Gasteiger partial charge in [-0.25, -0.2) is 0 Å². The molecule has 2 aliphatic carbocycles. The fraction of sp³-hybridized carbons (Fsp3) is 0.284. The van der Waals surface area contributed by atoms with Crippen LogP contribution in [0.4, 0.5) is 39.8 Å². The molecule has 8 aromatic rings. The van der Waals surface area contributed by atoms with Crippen LogP contribution < -0.4 is 31.1 Å². The minimum absolute atomic E-state index is 0.0181. The SMILES string of the molecule is CC(C)(C)c1cc2c3c(c1)C1(C)CCCCC1(C)N3c1cc(N3c4ccccc4C4(c5ccccc5)CCCCC34C)cc3c1B2c1ccc(-c2ccccc2)cc1N3c1cccc(-c2ccccc2)c1. The fourth-order valence-corrected chi connectivity index (χ4v) is 15.5. The molecule has 0 saturated heterocycles. The zero-order chi connectivity index (χ0) is 48.1. The minimum atomic E-state index is -0.213. The summed E-state index contributed by atoms with van der Waals surface area (Å²) in [4.78, 5) is 8.48. The second-order valence-electron chi connectivity index (χ2n) is 23.7. The van der Waals surface area contributed by atoms with Gasteiger partial charge in [0, 0.05) is 50.6 Å². The molecule has 71 heavy (non-hydrogen) atoms. The number of para-hydroxylation sites is 1. The second kappa shape index (κ2) is 15.1. The minimum Gasteiger partial charge on any atom is -0.335 e. The molecule has 14 rings (SSSR count). The predicted molar refractivity (Wildman–Crippen MR) is 301 cm³/mol. The number of hydrogen-bond acceptors (Lipinski definition) is 3. The van der Waals surface area contributed by atoms with Crippen LogP contribution in [0.2, 0.25) is 0 Å². The van der Waals surface area contributed by atoms with Gasteiger partial charge in [0.15, 0.2) is 0 Å². The van der Waals surface area contributed by atoms with E-state index in [1.54, 1.807) is 5.56 Å². The van der Waals surface area contributed by atoms with E-state index in [0.29, 0.717) is 0 Å². The third-order valence-corrected chi connectivity index (χ3v) is 19.2. The monoisotopic (exact) mass is 922 g/mol. The highest BCUT2D eigenvalue weighted by Crippen LogP contribution is 2.66. The molecule has 2 saturated carbocycles. The molecule has 2 fully saturated rings. The van der Waals surface area contributed by atoms with Crippen LogP contribution in [-0.4, -0.2) is 17.8 Å². The quantitative estimate of drug-likeness (QED) is 0.159. The highest BCUT2D eigenvalue weighted by atomic mass is 15.3. The first-order chi connectivity index (χ1) is 34.4. The van der Waals surface area contributed by atoms with E-state index in [1.165, 1.54) is 127 Å². The lowest BCUT2D eigenvalue weighted by molar-refractivity contribution is 0.195. The van der Waals surface area contributed by atoms with Crippen molar-refractivity contribution in [2.75, 3.05) is 14.7 Å². The summed E-state index contributed by atoms with van der Waals surface area (Å²) in [5, 5.41) is 0. The highest BCUT2D eigenvalue weighted by molar-refractivity contribution is 7.00. The van der Waals surface area contributed by atoms with Gasteiger partial charge in [0.25, 0.3) is 6.71 Å². The van der Waals surface area contributed by atoms with Gasteiger partial charge < -0.3 is 14.7 Å². The maximum Gasteiger partial charge on any atom is 0.252 e. The zero-order valence-electron chi connectivity index (χ0n) is 42.4. The summed E-state index contributed by atoms with van der Waals surface area (Å²) in [7, 11) is 0. The van der Waals surface area contributed by atoms with Gasteiger partial charge in [-0.2, -0.15) is 0 Å². The molecule has 4 unspecified atom stereocenters. The standard InChI is InChI=1S/C67H64BN3/c1-63(2,3)50-41-54-62-56(42-50)68-55-34-33-48(46-25-12-8-13-26-46)40-58(55)69(51-30-22-27-47(39-51)45-23-10-7-11-24-45)59-43-52(44-60(61(59)68)71(62)65(5)36-19-18-35-64(54,65)4)70-57-32-17-16-31-53(57)67(49-28-14-9-15-29-49)38-21-20-37-66(67,70)6/h7-17,22-34,39-44H,18-21,35-38H2,1-6H3. The molecule has 0 spiro atoms. The number of fused-ring (bicyclic) bond motifs is 10. The highest BCUT2D eigenvalue weighted by Gasteiger charge is 2.64. The molecule has 4 aliphatic heterocycles. The Morgan fingerprint density at radius 3 is 1.79 bits per heavy atom. The fourth-order valence-electron chi connectivity index (χ4n) is 15.5. The van der Waals surface area contributed by atoms with Crippen LogP contribution in [0.25, 0.3) is 22.3 Å². The van der Waals surface area contributed by atoms with E-state index in [-0.39, 0.29) is 34.0 Å². The Bertz CT molecular complexity index is 3450. The molecule has 4 heteroatoms. The maximum atomic E-state index is 2.94. The van der Waals surface area contributed by atoms with E-state index < -0.39 is 0 Å². The Morgan fingerprint density at radius 1 is 0.437 bits per heavy atom. The molecule has 6 aliphatic rings. The molecule has 3 nitrogen and oxygen atoms in total. The van der Waals surface area contributed by atoms with E-state index in [4.69, 9.17) is 0 Å². The largest absolute Gasteiger partial charge is 0.335 e. The molecule has 0 aromatic heterocycles. The van der Waals surface area contributed by atoms with E-state index in [1.807, 2.05) is 0 Å². The summed E-state index contributed by atoms with van der Waals surface area (Å²) in [5.74, 6) is 0. The molecular weight excluding hydrogens is 858 g/mol. The first-order valence-corrected chi connectivity index (χ1v) is 26.7. The topological polar surface area (TPSA) is 9.72 Å². The van der Waals surface area contributed by atoms with Gasteiger partial charge in [-0.1, -0.05) is 199 Å². The molecule has 0 amide bonds. The molecule has 0 bridgehead atoms. The Kier molecular flexibility index (Phi) is 9.17. The van der Waals surface area contributed by atoms with Crippen LogP contribution >= 0.6 is 0 Å². The van der Waals surface area contributed by atoms with Crippen LogP contribution in [0.5, 0.6) is 0 Å². The molecule has 350 valence electrons. The number of anilines is 7. The average Bonchev–Trinajstić information content (AvgIpc) is 3.77. The number of hydrogen-bond donors (Lipinski definition) is 0. The molecule has 4 heterocycles. The lowest BCUT2D eigenvalue weighted by atomic mass is 9.33. The summed E-state index contributed by atoms with van der Waals surface area (Å²) < 4.78 is 0. The summed E-state index contributed by atoms with van der Waals surface area (Å²) in [6.45, 7) is 15.2. The molecule has 0 N–H and O–H groups in total. The molecule has 0 radical (unpaired) electrons. The van der Waals surface area contributed by atoms with Crippen molar-refractivity contribution in [1.82, 2.24) is 0 Å². The molecule has 8 aromatic carbocycles. The van der Waals surface area contributed by atoms with Crippen molar-refractivity contribution < 1.29 is 0 Å². The van der Waals surface area contributed by atoms with Crippen LogP contribution in [-0.2, 0) is 16.2 Å². The van der Waals surface area contributed by atoms with Crippen molar-refractivity contribution >= 4 is 62.9 Å². The predicted octanol–water partition coefficient (Wildman–Crippen LogP) is 15.4. The molecule has 4 atom stereocenters. The van der Waals surface area contributed by atoms with Crippen molar-refractivity contribution in [2.24, 2.45) is 0 Å². The van der Waals surface area contributed by atoms with Crippen molar-refractivity contribution in [2.45, 2.75) is 120 Å². The zero-order valence-corrected chi connectivity index (χ0v) is 42.4. The lowest BCUT2D eigenvalue weighted by Gasteiger charge is -2.54. The average molecular weight is 922 g/mol. The molecular formula is C67H64BN3.